The van der Waals surface area contributed by atoms with Gasteiger partial charge in [-0.15, -0.1) is 0 Å². The molecule has 0 saturated carbocycles. The van der Waals surface area contributed by atoms with Gasteiger partial charge in [0.15, 0.2) is 0 Å². The van der Waals surface area contributed by atoms with Gasteiger partial charge < -0.3 is 19.9 Å². The molecule has 0 saturated heterocycles. The zero-order valence-corrected chi connectivity index (χ0v) is 11.9. The monoisotopic (exact) mass is 281 g/mol. The molecule has 0 aliphatic carbocycles. The minimum absolute atomic E-state index is 0.224. The molecule has 0 aromatic heterocycles. The second kappa shape index (κ2) is 10.4. The molecule has 0 bridgehead atoms. The summed E-state index contributed by atoms with van der Waals surface area (Å²) in [7, 11) is 1.61. The molecule has 0 aliphatic heterocycles. The highest BCUT2D eigenvalue weighted by atomic mass is 16.6. The quantitative estimate of drug-likeness (QED) is 0.514. The average Bonchev–Trinajstić information content (AvgIpc) is 2.49. The van der Waals surface area contributed by atoms with E-state index in [2.05, 4.69) is 0 Å². The average molecular weight is 281 g/mol. The molecule has 0 heterocycles. The molecular weight excluding hydrogens is 258 g/mol. The molecule has 1 unspecified atom stereocenters. The lowest BCUT2D eigenvalue weighted by atomic mass is 10.1. The van der Waals surface area contributed by atoms with E-state index in [0.717, 1.165) is 6.42 Å². The van der Waals surface area contributed by atoms with E-state index in [-0.39, 0.29) is 12.6 Å². The molecule has 2 N–H and O–H groups in total. The van der Waals surface area contributed by atoms with Crippen molar-refractivity contribution in [1.82, 2.24) is 0 Å². The molecular formula is C15H23NO4. The van der Waals surface area contributed by atoms with Crippen molar-refractivity contribution in [3.63, 3.8) is 0 Å². The summed E-state index contributed by atoms with van der Waals surface area (Å²) in [6, 6.07) is 9.34. The Kier molecular flexibility index (Phi) is 8.62. The zero-order chi connectivity index (χ0) is 14.6. The molecule has 1 aromatic rings. The molecule has 1 atom stereocenters. The van der Waals surface area contributed by atoms with Crippen molar-refractivity contribution in [2.45, 2.75) is 18.9 Å². The van der Waals surface area contributed by atoms with E-state index >= 15 is 0 Å². The largest absolute Gasteiger partial charge is 0.462 e. The van der Waals surface area contributed by atoms with Crippen LogP contribution in [-0.4, -0.2) is 45.5 Å². The van der Waals surface area contributed by atoms with Crippen molar-refractivity contribution < 1.29 is 19.0 Å². The Labute approximate surface area is 120 Å². The number of hydrogen-bond donors (Lipinski definition) is 1. The van der Waals surface area contributed by atoms with Gasteiger partial charge in [0.2, 0.25) is 0 Å². The van der Waals surface area contributed by atoms with E-state index in [4.69, 9.17) is 19.9 Å². The molecule has 20 heavy (non-hydrogen) atoms. The van der Waals surface area contributed by atoms with Gasteiger partial charge in [-0.1, -0.05) is 30.3 Å². The third kappa shape index (κ3) is 7.23. The van der Waals surface area contributed by atoms with Crippen molar-refractivity contribution in [3.05, 3.63) is 35.9 Å². The molecule has 0 amide bonds. The first-order valence-corrected chi connectivity index (χ1v) is 6.77. The Hall–Kier alpha value is -1.43. The van der Waals surface area contributed by atoms with Gasteiger partial charge in [0, 0.05) is 7.11 Å². The van der Waals surface area contributed by atoms with Gasteiger partial charge in [-0.3, -0.25) is 4.79 Å². The lowest BCUT2D eigenvalue weighted by molar-refractivity contribution is -0.147. The van der Waals surface area contributed by atoms with Crippen LogP contribution >= 0.6 is 0 Å². The maximum absolute atomic E-state index is 11.6. The van der Waals surface area contributed by atoms with Gasteiger partial charge in [0.25, 0.3) is 0 Å². The number of carbonyl (C=O) groups is 1. The van der Waals surface area contributed by atoms with Crippen LogP contribution < -0.4 is 5.73 Å². The maximum atomic E-state index is 11.6. The number of nitrogens with two attached hydrogens (primary N) is 1. The first-order chi connectivity index (χ1) is 9.74. The van der Waals surface area contributed by atoms with E-state index in [1.807, 2.05) is 30.3 Å². The van der Waals surface area contributed by atoms with E-state index < -0.39 is 6.04 Å². The summed E-state index contributed by atoms with van der Waals surface area (Å²) in [4.78, 5) is 11.6. The van der Waals surface area contributed by atoms with Gasteiger partial charge in [-0.05, 0) is 18.4 Å². The van der Waals surface area contributed by atoms with Crippen molar-refractivity contribution in [2.75, 3.05) is 33.5 Å². The van der Waals surface area contributed by atoms with Crippen LogP contribution in [0.25, 0.3) is 0 Å². The van der Waals surface area contributed by atoms with Crippen molar-refractivity contribution in [2.24, 2.45) is 5.73 Å². The fourth-order valence-electron chi connectivity index (χ4n) is 1.64. The highest BCUT2D eigenvalue weighted by Gasteiger charge is 2.14. The number of rotatable bonds is 10. The Morgan fingerprint density at radius 1 is 1.15 bits per heavy atom. The molecule has 1 rings (SSSR count). The van der Waals surface area contributed by atoms with Crippen LogP contribution in [0.2, 0.25) is 0 Å². The van der Waals surface area contributed by atoms with Gasteiger partial charge >= 0.3 is 5.97 Å². The molecule has 0 radical (unpaired) electrons. The van der Waals surface area contributed by atoms with Crippen LogP contribution in [-0.2, 0) is 25.4 Å². The summed E-state index contributed by atoms with van der Waals surface area (Å²) in [5.74, 6) is -0.378. The van der Waals surface area contributed by atoms with Crippen LogP contribution in [0, 0.1) is 0 Å². The van der Waals surface area contributed by atoms with Crippen molar-refractivity contribution in [3.8, 4) is 0 Å². The Bertz CT molecular complexity index is 369. The third-order valence-corrected chi connectivity index (χ3v) is 2.79. The topological polar surface area (TPSA) is 70.8 Å². The van der Waals surface area contributed by atoms with Crippen molar-refractivity contribution >= 4 is 5.97 Å². The highest BCUT2D eigenvalue weighted by Crippen LogP contribution is 2.04. The van der Waals surface area contributed by atoms with E-state index in [9.17, 15) is 4.79 Å². The molecule has 5 nitrogen and oxygen atoms in total. The summed E-state index contributed by atoms with van der Waals surface area (Å²) in [5.41, 5.74) is 6.96. The van der Waals surface area contributed by atoms with Crippen molar-refractivity contribution in [1.29, 1.82) is 0 Å². The summed E-state index contributed by atoms with van der Waals surface area (Å²) >= 11 is 0. The first kappa shape index (κ1) is 16.6. The van der Waals surface area contributed by atoms with E-state index in [1.54, 1.807) is 7.11 Å². The fourth-order valence-corrected chi connectivity index (χ4v) is 1.64. The number of hydrogen-bond acceptors (Lipinski definition) is 5. The summed E-state index contributed by atoms with van der Waals surface area (Å²) < 4.78 is 15.1. The second-order valence-corrected chi connectivity index (χ2v) is 4.40. The van der Waals surface area contributed by atoms with Gasteiger partial charge in [0.1, 0.15) is 12.6 Å². The molecule has 0 spiro atoms. The summed E-state index contributed by atoms with van der Waals surface area (Å²) in [6.45, 7) is 1.61. The zero-order valence-electron chi connectivity index (χ0n) is 11.9. The normalized spacial score (nSPS) is 12.1. The minimum atomic E-state index is -0.589. The van der Waals surface area contributed by atoms with Gasteiger partial charge in [0.05, 0.1) is 19.8 Å². The van der Waals surface area contributed by atoms with Crippen LogP contribution in [0.3, 0.4) is 0 Å². The number of esters is 1. The smallest absolute Gasteiger partial charge is 0.323 e. The predicted octanol–water partition coefficient (Wildman–Crippen LogP) is 1.15. The number of ether oxygens (including phenoxy) is 3. The Morgan fingerprint density at radius 2 is 1.85 bits per heavy atom. The van der Waals surface area contributed by atoms with E-state index in [0.29, 0.717) is 26.2 Å². The standard InChI is InChI=1S/C15H23NO4/c1-18-9-10-19-11-12-20-15(17)14(16)8-7-13-5-3-2-4-6-13/h2-6,14H,7-12,16H2,1H3. The first-order valence-electron chi connectivity index (χ1n) is 6.77. The Morgan fingerprint density at radius 3 is 2.55 bits per heavy atom. The summed E-state index contributed by atoms with van der Waals surface area (Å²) in [6.07, 6.45) is 1.34. The number of aryl methyl sites for hydroxylation is 1. The number of methoxy groups -OCH3 is 1. The lowest BCUT2D eigenvalue weighted by Gasteiger charge is -2.11. The van der Waals surface area contributed by atoms with E-state index in [1.165, 1.54) is 5.56 Å². The fraction of sp³-hybridized carbons (Fsp3) is 0.533. The molecule has 0 aliphatic rings. The lowest BCUT2D eigenvalue weighted by Crippen LogP contribution is -2.33. The highest BCUT2D eigenvalue weighted by molar-refractivity contribution is 5.75. The summed E-state index contributed by atoms with van der Waals surface area (Å²) in [5, 5.41) is 0. The van der Waals surface area contributed by atoms with Crippen LogP contribution in [0.4, 0.5) is 0 Å². The SMILES string of the molecule is COCCOCCOC(=O)C(N)CCc1ccccc1. The van der Waals surface area contributed by atoms with Crippen LogP contribution in [0.15, 0.2) is 30.3 Å². The maximum Gasteiger partial charge on any atom is 0.323 e. The van der Waals surface area contributed by atoms with Gasteiger partial charge in [-0.2, -0.15) is 0 Å². The minimum Gasteiger partial charge on any atom is -0.462 e. The van der Waals surface area contributed by atoms with Crippen LogP contribution in [0.1, 0.15) is 12.0 Å². The molecule has 0 fully saturated rings. The Balaban J connectivity index is 2.10. The third-order valence-electron chi connectivity index (χ3n) is 2.79. The number of carbonyl (C=O) groups excluding carboxylic acids is 1. The van der Waals surface area contributed by atoms with Crippen LogP contribution in [0.5, 0.6) is 0 Å². The molecule has 112 valence electrons. The molecule has 1 aromatic carbocycles. The number of benzene rings is 1. The van der Waals surface area contributed by atoms with Gasteiger partial charge in [-0.25, -0.2) is 0 Å². The molecule has 5 heteroatoms. The predicted molar refractivity (Wildman–Crippen MR) is 76.4 cm³/mol. The second-order valence-electron chi connectivity index (χ2n) is 4.40.